The predicted octanol–water partition coefficient (Wildman–Crippen LogP) is 5.11. The molecule has 1 aliphatic rings. The van der Waals surface area contributed by atoms with Crippen LogP contribution >= 0.6 is 11.8 Å². The summed E-state index contributed by atoms with van der Waals surface area (Å²) in [5, 5.41) is 0. The largest absolute Gasteiger partial charge is 0.497 e. The van der Waals surface area contributed by atoms with Crippen LogP contribution in [0.1, 0.15) is 11.1 Å². The Hall–Kier alpha value is -2.99. The van der Waals surface area contributed by atoms with E-state index in [0.717, 1.165) is 27.5 Å². The van der Waals surface area contributed by atoms with Crippen molar-refractivity contribution in [2.45, 2.75) is 9.83 Å². The van der Waals surface area contributed by atoms with Crippen molar-refractivity contribution in [3.8, 4) is 28.7 Å². The molecule has 0 fully saturated rings. The van der Waals surface area contributed by atoms with Crippen LogP contribution in [0.2, 0.25) is 0 Å². The number of fused-ring (bicyclic) bond motifs is 1. The van der Waals surface area contributed by atoms with Gasteiger partial charge in [-0.15, -0.1) is 0 Å². The first kappa shape index (κ1) is 19.3. The first-order valence-electron chi connectivity index (χ1n) is 9.07. The van der Waals surface area contributed by atoms with Crippen LogP contribution in [-0.4, -0.2) is 28.4 Å². The number of benzene rings is 3. The topological polar surface area (TPSA) is 46.2 Å². The molecule has 5 nitrogen and oxygen atoms in total. The molecule has 0 bridgehead atoms. The monoisotopic (exact) mass is 410 g/mol. The second kappa shape index (κ2) is 7.79. The van der Waals surface area contributed by atoms with E-state index < -0.39 is 4.93 Å². The van der Waals surface area contributed by atoms with E-state index in [1.807, 2.05) is 60.7 Å². The van der Waals surface area contributed by atoms with E-state index in [-0.39, 0.29) is 0 Å². The second-order valence-electron chi connectivity index (χ2n) is 6.40. The van der Waals surface area contributed by atoms with Crippen LogP contribution < -0.4 is 23.7 Å². The van der Waals surface area contributed by atoms with E-state index in [9.17, 15) is 0 Å². The first-order chi connectivity index (χ1) is 14.1. The highest BCUT2D eigenvalue weighted by atomic mass is 32.2. The molecule has 0 N–H and O–H groups in total. The number of hydrogen-bond donors (Lipinski definition) is 0. The van der Waals surface area contributed by atoms with Crippen LogP contribution in [0.4, 0.5) is 0 Å². The molecule has 4 rings (SSSR count). The van der Waals surface area contributed by atoms with Crippen molar-refractivity contribution in [3.05, 3.63) is 71.8 Å². The summed E-state index contributed by atoms with van der Waals surface area (Å²) in [6, 6.07) is 19.5. The van der Waals surface area contributed by atoms with Gasteiger partial charge in [0.25, 0.3) is 0 Å². The van der Waals surface area contributed by atoms with Crippen LogP contribution in [0.15, 0.2) is 65.6 Å². The zero-order chi connectivity index (χ0) is 20.4. The van der Waals surface area contributed by atoms with Crippen LogP contribution in [0.25, 0.3) is 0 Å². The SMILES string of the molecule is COc1ccc(C2(c3c(OC)cc(OC)cc3OC)Oc3ccccc3S2)cc1. The lowest BCUT2D eigenvalue weighted by Crippen LogP contribution is -2.29. The van der Waals surface area contributed by atoms with Gasteiger partial charge in [-0.3, -0.25) is 0 Å². The molecule has 3 aromatic rings. The van der Waals surface area contributed by atoms with Crippen molar-refractivity contribution >= 4 is 11.8 Å². The minimum absolute atomic E-state index is 0.623. The zero-order valence-corrected chi connectivity index (χ0v) is 17.5. The Kier molecular flexibility index (Phi) is 5.20. The van der Waals surface area contributed by atoms with Gasteiger partial charge in [-0.2, -0.15) is 0 Å². The number of para-hydroxylation sites is 1. The quantitative estimate of drug-likeness (QED) is 0.563. The van der Waals surface area contributed by atoms with E-state index in [2.05, 4.69) is 0 Å². The second-order valence-corrected chi connectivity index (χ2v) is 7.62. The summed E-state index contributed by atoms with van der Waals surface area (Å²) in [5.74, 6) is 3.48. The fraction of sp³-hybridized carbons (Fsp3) is 0.217. The Morgan fingerprint density at radius 2 is 1.34 bits per heavy atom. The number of rotatable bonds is 6. The number of thioether (sulfide) groups is 1. The normalized spacial score (nSPS) is 17.2. The van der Waals surface area contributed by atoms with Crippen molar-refractivity contribution in [1.82, 2.24) is 0 Å². The maximum atomic E-state index is 6.62. The minimum atomic E-state index is -0.890. The molecule has 1 heterocycles. The summed E-state index contributed by atoms with van der Waals surface area (Å²) >= 11 is 1.61. The highest BCUT2D eigenvalue weighted by Gasteiger charge is 2.48. The van der Waals surface area contributed by atoms with Crippen molar-refractivity contribution in [3.63, 3.8) is 0 Å². The average molecular weight is 410 g/mol. The molecule has 0 aromatic heterocycles. The number of hydrogen-bond acceptors (Lipinski definition) is 6. The third-order valence-electron chi connectivity index (χ3n) is 4.87. The Morgan fingerprint density at radius 3 is 1.90 bits per heavy atom. The molecule has 0 spiro atoms. The molecule has 1 atom stereocenters. The number of ether oxygens (including phenoxy) is 5. The van der Waals surface area contributed by atoms with Gasteiger partial charge >= 0.3 is 0 Å². The molecule has 0 aliphatic carbocycles. The average Bonchev–Trinajstić information content (AvgIpc) is 3.18. The highest BCUT2D eigenvalue weighted by molar-refractivity contribution is 8.00. The predicted molar refractivity (Wildman–Crippen MR) is 113 cm³/mol. The maximum Gasteiger partial charge on any atom is 0.217 e. The van der Waals surface area contributed by atoms with Gasteiger partial charge in [0.05, 0.1) is 38.9 Å². The van der Waals surface area contributed by atoms with E-state index in [4.69, 9.17) is 23.7 Å². The highest BCUT2D eigenvalue weighted by Crippen LogP contribution is 2.60. The van der Waals surface area contributed by atoms with Gasteiger partial charge in [0.1, 0.15) is 28.7 Å². The Labute approximate surface area is 174 Å². The van der Waals surface area contributed by atoms with Crippen LogP contribution in [0, 0.1) is 0 Å². The van der Waals surface area contributed by atoms with Gasteiger partial charge in [0.2, 0.25) is 4.93 Å². The molecular formula is C23H22O5S. The Bertz CT molecular complexity index is 966. The van der Waals surface area contributed by atoms with Crippen molar-refractivity contribution < 1.29 is 23.7 Å². The maximum absolute atomic E-state index is 6.62. The molecule has 6 heteroatoms. The summed E-state index contributed by atoms with van der Waals surface area (Å²) in [6.07, 6.45) is 0. The van der Waals surface area contributed by atoms with Crippen molar-refractivity contribution in [2.24, 2.45) is 0 Å². The molecule has 1 aliphatic heterocycles. The lowest BCUT2D eigenvalue weighted by molar-refractivity contribution is 0.206. The molecule has 1 unspecified atom stereocenters. The molecule has 3 aromatic carbocycles. The third-order valence-corrected chi connectivity index (χ3v) is 6.24. The Balaban J connectivity index is 1.98. The van der Waals surface area contributed by atoms with Gasteiger partial charge < -0.3 is 23.7 Å². The van der Waals surface area contributed by atoms with Crippen LogP contribution in [0.3, 0.4) is 0 Å². The summed E-state index contributed by atoms with van der Waals surface area (Å²) in [6.45, 7) is 0. The smallest absolute Gasteiger partial charge is 0.217 e. The lowest BCUT2D eigenvalue weighted by atomic mass is 9.97. The summed E-state index contributed by atoms with van der Waals surface area (Å²) < 4.78 is 28.9. The molecular weight excluding hydrogens is 388 g/mol. The van der Waals surface area contributed by atoms with Gasteiger partial charge in [-0.05, 0) is 24.3 Å². The lowest BCUT2D eigenvalue weighted by Gasteiger charge is -2.31. The molecule has 0 amide bonds. The summed E-state index contributed by atoms with van der Waals surface area (Å²) in [5.41, 5.74) is 1.73. The van der Waals surface area contributed by atoms with E-state index in [1.165, 1.54) is 0 Å². The van der Waals surface area contributed by atoms with Gasteiger partial charge in [0, 0.05) is 17.7 Å². The first-order valence-corrected chi connectivity index (χ1v) is 9.89. The van der Waals surface area contributed by atoms with E-state index in [0.29, 0.717) is 17.2 Å². The summed E-state index contributed by atoms with van der Waals surface area (Å²) in [7, 11) is 6.53. The van der Waals surface area contributed by atoms with Gasteiger partial charge in [-0.1, -0.05) is 36.0 Å². The number of methoxy groups -OCH3 is 4. The molecule has 0 saturated carbocycles. The van der Waals surface area contributed by atoms with Crippen molar-refractivity contribution in [1.29, 1.82) is 0 Å². The van der Waals surface area contributed by atoms with Crippen LogP contribution in [0.5, 0.6) is 28.7 Å². The van der Waals surface area contributed by atoms with Gasteiger partial charge in [-0.25, -0.2) is 0 Å². The van der Waals surface area contributed by atoms with Gasteiger partial charge in [0.15, 0.2) is 0 Å². The standard InChI is InChI=1S/C23H22O5S/c1-24-16-11-9-15(10-12-16)23(28-18-7-5-6-8-21(18)29-23)22-19(26-3)13-17(25-2)14-20(22)27-4/h5-14H,1-4H3. The molecule has 0 radical (unpaired) electrons. The minimum Gasteiger partial charge on any atom is -0.497 e. The van der Waals surface area contributed by atoms with Crippen molar-refractivity contribution in [2.75, 3.05) is 28.4 Å². The van der Waals surface area contributed by atoms with E-state index >= 15 is 0 Å². The summed E-state index contributed by atoms with van der Waals surface area (Å²) in [4.78, 5) is 0.155. The third kappa shape index (κ3) is 3.23. The fourth-order valence-electron chi connectivity index (χ4n) is 3.45. The Morgan fingerprint density at radius 1 is 0.724 bits per heavy atom. The van der Waals surface area contributed by atoms with E-state index in [1.54, 1.807) is 40.2 Å². The molecule has 29 heavy (non-hydrogen) atoms. The zero-order valence-electron chi connectivity index (χ0n) is 16.7. The fourth-order valence-corrected chi connectivity index (χ4v) is 4.81. The molecule has 150 valence electrons. The molecule has 0 saturated heterocycles. The van der Waals surface area contributed by atoms with Crippen LogP contribution in [-0.2, 0) is 4.93 Å².